The molecule has 0 saturated carbocycles. The molecular formula is C33H23NO5. The van der Waals surface area contributed by atoms with E-state index in [0.717, 1.165) is 68.9 Å². The number of pyridine rings is 1. The zero-order valence-electron chi connectivity index (χ0n) is 21.0. The Balaban J connectivity index is 1.32. The fourth-order valence-electron chi connectivity index (χ4n) is 5.60. The second kappa shape index (κ2) is 9.40. The molecule has 0 atom stereocenters. The van der Waals surface area contributed by atoms with Crippen molar-refractivity contribution in [3.63, 3.8) is 0 Å². The maximum atomic E-state index is 13.8. The van der Waals surface area contributed by atoms with Crippen LogP contribution in [0.5, 0.6) is 0 Å². The lowest BCUT2D eigenvalue weighted by atomic mass is 9.86. The first-order valence-electron chi connectivity index (χ1n) is 12.9. The SMILES string of the molecule is O=C(OCc1cc(=O)oc2ccc3ccccc3c12)c1c2c(nc3ccccc13)C(=Cc1ccco1)CCC2. The van der Waals surface area contributed by atoms with E-state index in [4.69, 9.17) is 18.6 Å². The molecule has 190 valence electrons. The number of para-hydroxylation sites is 1. The molecule has 1 aliphatic carbocycles. The maximum Gasteiger partial charge on any atom is 0.339 e. The molecular weight excluding hydrogens is 490 g/mol. The molecule has 6 aromatic rings. The van der Waals surface area contributed by atoms with Gasteiger partial charge in [-0.15, -0.1) is 0 Å². The van der Waals surface area contributed by atoms with Gasteiger partial charge in [-0.3, -0.25) is 0 Å². The van der Waals surface area contributed by atoms with Gasteiger partial charge < -0.3 is 13.6 Å². The molecule has 0 bridgehead atoms. The van der Waals surface area contributed by atoms with Crippen LogP contribution in [0.1, 0.15) is 45.8 Å². The highest BCUT2D eigenvalue weighted by molar-refractivity contribution is 6.08. The molecule has 0 N–H and O–H groups in total. The Kier molecular flexibility index (Phi) is 5.59. The number of furan rings is 1. The molecule has 7 rings (SSSR count). The Bertz CT molecular complexity index is 1980. The number of benzene rings is 3. The van der Waals surface area contributed by atoms with Crippen LogP contribution in [0.4, 0.5) is 0 Å². The van der Waals surface area contributed by atoms with E-state index in [-0.39, 0.29) is 6.61 Å². The number of hydrogen-bond donors (Lipinski definition) is 0. The summed E-state index contributed by atoms with van der Waals surface area (Å²) in [4.78, 5) is 31.1. The summed E-state index contributed by atoms with van der Waals surface area (Å²) in [6.45, 7) is -0.0601. The quantitative estimate of drug-likeness (QED) is 0.140. The summed E-state index contributed by atoms with van der Waals surface area (Å²) >= 11 is 0. The molecule has 0 amide bonds. The molecule has 0 aliphatic heterocycles. The van der Waals surface area contributed by atoms with Crippen molar-refractivity contribution in [2.45, 2.75) is 25.9 Å². The van der Waals surface area contributed by atoms with E-state index in [0.29, 0.717) is 16.7 Å². The van der Waals surface area contributed by atoms with Gasteiger partial charge in [-0.25, -0.2) is 14.6 Å². The van der Waals surface area contributed by atoms with Gasteiger partial charge in [-0.1, -0.05) is 48.5 Å². The van der Waals surface area contributed by atoms with Gasteiger partial charge in [-0.2, -0.15) is 0 Å². The summed E-state index contributed by atoms with van der Waals surface area (Å²) < 4.78 is 17.0. The van der Waals surface area contributed by atoms with Crippen LogP contribution in [0.2, 0.25) is 0 Å². The predicted molar refractivity (Wildman–Crippen MR) is 150 cm³/mol. The van der Waals surface area contributed by atoms with Crippen LogP contribution >= 0.6 is 0 Å². The van der Waals surface area contributed by atoms with Crippen molar-refractivity contribution in [1.29, 1.82) is 0 Å². The number of carbonyl (C=O) groups is 1. The minimum Gasteiger partial charge on any atom is -0.465 e. The molecule has 1 aliphatic rings. The summed E-state index contributed by atoms with van der Waals surface area (Å²) in [7, 11) is 0. The third-order valence-electron chi connectivity index (χ3n) is 7.31. The number of fused-ring (bicyclic) bond motifs is 5. The summed E-state index contributed by atoms with van der Waals surface area (Å²) in [5.41, 5.74) is 4.56. The molecule has 3 aromatic carbocycles. The molecule has 3 heterocycles. The molecule has 0 fully saturated rings. The molecule has 6 heteroatoms. The van der Waals surface area contributed by atoms with Gasteiger partial charge in [0.05, 0.1) is 23.0 Å². The number of esters is 1. The minimum absolute atomic E-state index is 0.0601. The van der Waals surface area contributed by atoms with E-state index in [1.165, 1.54) is 6.07 Å². The summed E-state index contributed by atoms with van der Waals surface area (Å²) in [5, 5.41) is 3.47. The fourth-order valence-corrected chi connectivity index (χ4v) is 5.60. The van der Waals surface area contributed by atoms with Gasteiger partial charge in [0.1, 0.15) is 18.0 Å². The van der Waals surface area contributed by atoms with Gasteiger partial charge in [0, 0.05) is 22.4 Å². The number of rotatable bonds is 4. The van der Waals surface area contributed by atoms with Gasteiger partial charge in [0.2, 0.25) is 0 Å². The average molecular weight is 514 g/mol. The van der Waals surface area contributed by atoms with Gasteiger partial charge in [-0.05, 0) is 71.5 Å². The zero-order chi connectivity index (χ0) is 26.3. The molecule has 0 radical (unpaired) electrons. The van der Waals surface area contributed by atoms with Crippen LogP contribution in [0.25, 0.3) is 44.3 Å². The van der Waals surface area contributed by atoms with E-state index in [9.17, 15) is 9.59 Å². The number of allylic oxidation sites excluding steroid dienone is 1. The number of ether oxygens (including phenoxy) is 1. The molecule has 0 spiro atoms. The van der Waals surface area contributed by atoms with Crippen LogP contribution < -0.4 is 5.63 Å². The van der Waals surface area contributed by atoms with Gasteiger partial charge >= 0.3 is 11.6 Å². The number of nitrogens with zero attached hydrogens (tertiary/aromatic N) is 1. The molecule has 39 heavy (non-hydrogen) atoms. The molecule has 6 nitrogen and oxygen atoms in total. The molecule has 0 saturated heterocycles. The topological polar surface area (TPSA) is 82.5 Å². The second-order valence-corrected chi connectivity index (χ2v) is 9.70. The van der Waals surface area contributed by atoms with Crippen molar-refractivity contribution in [1.82, 2.24) is 4.98 Å². The van der Waals surface area contributed by atoms with Crippen molar-refractivity contribution in [2.24, 2.45) is 0 Å². The third-order valence-corrected chi connectivity index (χ3v) is 7.31. The van der Waals surface area contributed by atoms with E-state index in [1.807, 2.05) is 72.8 Å². The van der Waals surface area contributed by atoms with E-state index in [1.54, 1.807) is 12.3 Å². The Morgan fingerprint density at radius 3 is 2.67 bits per heavy atom. The van der Waals surface area contributed by atoms with Crippen LogP contribution in [-0.2, 0) is 17.8 Å². The maximum absolute atomic E-state index is 13.8. The zero-order valence-corrected chi connectivity index (χ0v) is 21.0. The highest BCUT2D eigenvalue weighted by atomic mass is 16.5. The monoisotopic (exact) mass is 513 g/mol. The van der Waals surface area contributed by atoms with Crippen molar-refractivity contribution < 1.29 is 18.4 Å². The first-order valence-corrected chi connectivity index (χ1v) is 12.9. The standard InChI is InChI=1S/C33H23NO5/c35-29-18-22(30-24-10-2-1-7-20(24)14-15-28(30)39-29)19-38-33(36)31-25-11-3-4-13-27(25)34-32-21(8-5-12-26(31)32)17-23-9-6-16-37-23/h1-4,6-7,9-11,13-18H,5,8,12,19H2. The van der Waals surface area contributed by atoms with Crippen molar-refractivity contribution >= 4 is 50.3 Å². The number of aromatic nitrogens is 1. The molecule has 3 aromatic heterocycles. The Morgan fingerprint density at radius 1 is 0.949 bits per heavy atom. The number of carbonyl (C=O) groups excluding carboxylic acids is 1. The summed E-state index contributed by atoms with van der Waals surface area (Å²) in [5.74, 6) is 0.310. The first-order chi connectivity index (χ1) is 19.2. The van der Waals surface area contributed by atoms with Crippen molar-refractivity contribution in [3.05, 3.63) is 124 Å². The Hall–Kier alpha value is -4.97. The van der Waals surface area contributed by atoms with Crippen LogP contribution in [0.3, 0.4) is 0 Å². The predicted octanol–water partition coefficient (Wildman–Crippen LogP) is 7.32. The van der Waals surface area contributed by atoms with Crippen molar-refractivity contribution in [2.75, 3.05) is 0 Å². The van der Waals surface area contributed by atoms with E-state index >= 15 is 0 Å². The lowest BCUT2D eigenvalue weighted by Crippen LogP contribution is -2.16. The minimum atomic E-state index is -0.483. The summed E-state index contributed by atoms with van der Waals surface area (Å²) in [6, 6.07) is 24.4. The fraction of sp³-hybridized carbons (Fsp3) is 0.121. The third kappa shape index (κ3) is 4.10. The highest BCUT2D eigenvalue weighted by Crippen LogP contribution is 2.37. The first kappa shape index (κ1) is 23.2. The largest absolute Gasteiger partial charge is 0.465 e. The second-order valence-electron chi connectivity index (χ2n) is 9.70. The lowest BCUT2D eigenvalue weighted by Gasteiger charge is -2.22. The smallest absolute Gasteiger partial charge is 0.339 e. The van der Waals surface area contributed by atoms with E-state index < -0.39 is 11.6 Å². The van der Waals surface area contributed by atoms with Gasteiger partial charge in [0.25, 0.3) is 0 Å². The normalized spacial score (nSPS) is 14.2. The summed E-state index contributed by atoms with van der Waals surface area (Å²) in [6.07, 6.45) is 6.08. The van der Waals surface area contributed by atoms with E-state index in [2.05, 4.69) is 0 Å². The van der Waals surface area contributed by atoms with Crippen molar-refractivity contribution in [3.8, 4) is 0 Å². The Morgan fingerprint density at radius 2 is 1.79 bits per heavy atom. The van der Waals surface area contributed by atoms with Crippen LogP contribution in [0.15, 0.2) is 98.8 Å². The highest BCUT2D eigenvalue weighted by Gasteiger charge is 2.26. The molecule has 0 unspecified atom stereocenters. The van der Waals surface area contributed by atoms with Crippen LogP contribution in [0, 0.1) is 0 Å². The van der Waals surface area contributed by atoms with Crippen LogP contribution in [-0.4, -0.2) is 11.0 Å². The average Bonchev–Trinajstić information content (AvgIpc) is 3.47. The number of hydrogen-bond acceptors (Lipinski definition) is 6. The lowest BCUT2D eigenvalue weighted by molar-refractivity contribution is 0.0474. The Labute approximate surface area is 223 Å². The van der Waals surface area contributed by atoms with Gasteiger partial charge in [0.15, 0.2) is 0 Å².